The smallest absolute Gasteiger partial charge is 0.295 e. The summed E-state index contributed by atoms with van der Waals surface area (Å²) in [7, 11) is 3.39. The third kappa shape index (κ3) is 4.57. The fourth-order valence-electron chi connectivity index (χ4n) is 1.46. The second-order valence-electron chi connectivity index (χ2n) is 4.61. The Labute approximate surface area is 120 Å². The highest BCUT2D eigenvalue weighted by Gasteiger charge is 2.13. The quantitative estimate of drug-likeness (QED) is 0.627. The van der Waals surface area contributed by atoms with Crippen LogP contribution >= 0.6 is 0 Å². The molecule has 0 saturated carbocycles. The van der Waals surface area contributed by atoms with Crippen molar-refractivity contribution in [1.82, 2.24) is 4.90 Å². The first-order valence-electron chi connectivity index (χ1n) is 6.62. The van der Waals surface area contributed by atoms with E-state index in [-0.39, 0.29) is 12.0 Å². The van der Waals surface area contributed by atoms with Crippen molar-refractivity contribution in [3.05, 3.63) is 29.8 Å². The molecular formula is C15H22N2O3. The minimum atomic E-state index is -0.347. The standard InChI is InChI=1S/C15H22N2O3/c1-6-17(4)15(20-11(2)3)16-14(18)12-8-7-9-13(10-12)19-5/h7-11H,6H2,1-5H3. The van der Waals surface area contributed by atoms with Gasteiger partial charge in [0.05, 0.1) is 13.2 Å². The Balaban J connectivity index is 2.99. The van der Waals surface area contributed by atoms with Crippen LogP contribution in [0.4, 0.5) is 0 Å². The van der Waals surface area contributed by atoms with Gasteiger partial charge in [0.2, 0.25) is 0 Å². The topological polar surface area (TPSA) is 51.1 Å². The zero-order valence-corrected chi connectivity index (χ0v) is 12.7. The summed E-state index contributed by atoms with van der Waals surface area (Å²) in [5.41, 5.74) is 0.471. The van der Waals surface area contributed by atoms with Gasteiger partial charge in [0.15, 0.2) is 0 Å². The third-order valence-electron chi connectivity index (χ3n) is 2.66. The first-order valence-corrected chi connectivity index (χ1v) is 6.62. The van der Waals surface area contributed by atoms with E-state index in [9.17, 15) is 4.79 Å². The molecule has 0 aromatic heterocycles. The van der Waals surface area contributed by atoms with Crippen molar-refractivity contribution < 1.29 is 14.3 Å². The summed E-state index contributed by atoms with van der Waals surface area (Å²) in [5, 5.41) is 0. The van der Waals surface area contributed by atoms with Gasteiger partial charge >= 0.3 is 0 Å². The number of amides is 1. The van der Waals surface area contributed by atoms with E-state index in [0.717, 1.165) is 0 Å². The van der Waals surface area contributed by atoms with E-state index < -0.39 is 0 Å². The summed E-state index contributed by atoms with van der Waals surface area (Å²) >= 11 is 0. The lowest BCUT2D eigenvalue weighted by Crippen LogP contribution is -2.31. The lowest BCUT2D eigenvalue weighted by Gasteiger charge is -2.21. The Kier molecular flexibility index (Phi) is 6.03. The molecular weight excluding hydrogens is 256 g/mol. The van der Waals surface area contributed by atoms with Crippen molar-refractivity contribution in [2.45, 2.75) is 26.9 Å². The van der Waals surface area contributed by atoms with Gasteiger partial charge in [0, 0.05) is 19.2 Å². The largest absolute Gasteiger partial charge is 0.497 e. The number of hydrogen-bond acceptors (Lipinski definition) is 3. The van der Waals surface area contributed by atoms with Gasteiger partial charge in [-0.25, -0.2) is 0 Å². The summed E-state index contributed by atoms with van der Waals surface area (Å²) in [6, 6.07) is 7.23. The lowest BCUT2D eigenvalue weighted by atomic mass is 10.2. The van der Waals surface area contributed by atoms with E-state index in [1.807, 2.05) is 27.8 Å². The van der Waals surface area contributed by atoms with Crippen LogP contribution in [0.2, 0.25) is 0 Å². The zero-order chi connectivity index (χ0) is 15.1. The highest BCUT2D eigenvalue weighted by molar-refractivity contribution is 6.01. The number of carbonyl (C=O) groups excluding carboxylic acids is 1. The maximum absolute atomic E-state index is 12.2. The second-order valence-corrected chi connectivity index (χ2v) is 4.61. The van der Waals surface area contributed by atoms with Gasteiger partial charge in [-0.3, -0.25) is 4.79 Å². The molecule has 0 fully saturated rings. The summed E-state index contributed by atoms with van der Waals surface area (Å²) < 4.78 is 10.7. The fourth-order valence-corrected chi connectivity index (χ4v) is 1.46. The molecule has 0 aliphatic heterocycles. The Morgan fingerprint density at radius 3 is 2.65 bits per heavy atom. The van der Waals surface area contributed by atoms with Crippen LogP contribution in [-0.4, -0.2) is 43.6 Å². The molecule has 0 heterocycles. The van der Waals surface area contributed by atoms with Gasteiger partial charge in [0.1, 0.15) is 5.75 Å². The SMILES string of the molecule is CCN(C)C(=NC(=O)c1cccc(OC)c1)OC(C)C. The molecule has 1 aromatic carbocycles. The van der Waals surface area contributed by atoms with Crippen LogP contribution in [0.3, 0.4) is 0 Å². The number of rotatable bonds is 4. The molecule has 5 heteroatoms. The monoisotopic (exact) mass is 278 g/mol. The molecule has 0 atom stereocenters. The van der Waals surface area contributed by atoms with Crippen molar-refractivity contribution in [2.24, 2.45) is 4.99 Å². The maximum atomic E-state index is 12.2. The van der Waals surface area contributed by atoms with Crippen molar-refractivity contribution in [3.63, 3.8) is 0 Å². The number of ether oxygens (including phenoxy) is 2. The molecule has 0 aliphatic carbocycles. The molecule has 0 N–H and O–H groups in total. The fraction of sp³-hybridized carbons (Fsp3) is 0.467. The molecule has 110 valence electrons. The third-order valence-corrected chi connectivity index (χ3v) is 2.66. The minimum absolute atomic E-state index is 0.0409. The van der Waals surface area contributed by atoms with Crippen molar-refractivity contribution in [3.8, 4) is 5.75 Å². The number of benzene rings is 1. The van der Waals surface area contributed by atoms with Crippen LogP contribution in [0, 0.1) is 0 Å². The Hall–Kier alpha value is -2.04. The summed E-state index contributed by atoms with van der Waals surface area (Å²) in [5.74, 6) is 0.279. The first-order chi connectivity index (χ1) is 9.47. The van der Waals surface area contributed by atoms with Crippen LogP contribution in [0.15, 0.2) is 29.3 Å². The van der Waals surface area contributed by atoms with Crippen molar-refractivity contribution in [1.29, 1.82) is 0 Å². The van der Waals surface area contributed by atoms with E-state index >= 15 is 0 Å². The van der Waals surface area contributed by atoms with E-state index in [0.29, 0.717) is 23.9 Å². The first kappa shape index (κ1) is 16.0. The maximum Gasteiger partial charge on any atom is 0.295 e. The Morgan fingerprint density at radius 2 is 2.10 bits per heavy atom. The normalized spacial score (nSPS) is 11.4. The summed E-state index contributed by atoms with van der Waals surface area (Å²) in [6.07, 6.45) is -0.0409. The molecule has 20 heavy (non-hydrogen) atoms. The van der Waals surface area contributed by atoms with Crippen molar-refractivity contribution in [2.75, 3.05) is 20.7 Å². The number of carbonyl (C=O) groups is 1. The molecule has 1 aromatic rings. The van der Waals surface area contributed by atoms with Gasteiger partial charge in [-0.2, -0.15) is 4.99 Å². The lowest BCUT2D eigenvalue weighted by molar-refractivity contribution is 0.0990. The summed E-state index contributed by atoms with van der Waals surface area (Å²) in [4.78, 5) is 18.0. The number of methoxy groups -OCH3 is 1. The van der Waals surface area contributed by atoms with E-state index in [1.165, 1.54) is 0 Å². The van der Waals surface area contributed by atoms with Crippen LogP contribution in [0.1, 0.15) is 31.1 Å². The highest BCUT2D eigenvalue weighted by Crippen LogP contribution is 2.13. The van der Waals surface area contributed by atoms with Crippen LogP contribution in [0.5, 0.6) is 5.75 Å². The van der Waals surface area contributed by atoms with Crippen LogP contribution in [0.25, 0.3) is 0 Å². The molecule has 0 aliphatic rings. The van der Waals surface area contributed by atoms with E-state index in [4.69, 9.17) is 9.47 Å². The number of nitrogens with zero attached hydrogens (tertiary/aromatic N) is 2. The van der Waals surface area contributed by atoms with Gasteiger partial charge in [0.25, 0.3) is 11.9 Å². The van der Waals surface area contributed by atoms with E-state index in [1.54, 1.807) is 36.3 Å². The number of hydrogen-bond donors (Lipinski definition) is 0. The second kappa shape index (κ2) is 7.53. The molecule has 5 nitrogen and oxygen atoms in total. The molecule has 1 amide bonds. The average molecular weight is 278 g/mol. The predicted octanol–water partition coefficient (Wildman–Crippen LogP) is 2.57. The number of aliphatic imine (C=N–C) groups is 1. The highest BCUT2D eigenvalue weighted by atomic mass is 16.5. The van der Waals surface area contributed by atoms with Crippen molar-refractivity contribution >= 4 is 11.9 Å². The van der Waals surface area contributed by atoms with E-state index in [2.05, 4.69) is 4.99 Å². The Morgan fingerprint density at radius 1 is 1.40 bits per heavy atom. The van der Waals surface area contributed by atoms with Crippen LogP contribution < -0.4 is 4.74 Å². The van der Waals surface area contributed by atoms with Gasteiger partial charge < -0.3 is 14.4 Å². The van der Waals surface area contributed by atoms with Gasteiger partial charge in [-0.05, 0) is 39.0 Å². The van der Waals surface area contributed by atoms with Gasteiger partial charge in [-0.1, -0.05) is 6.07 Å². The van der Waals surface area contributed by atoms with Gasteiger partial charge in [-0.15, -0.1) is 0 Å². The molecule has 0 unspecified atom stereocenters. The number of amidine groups is 1. The average Bonchev–Trinajstić information content (AvgIpc) is 2.45. The zero-order valence-electron chi connectivity index (χ0n) is 12.7. The molecule has 0 bridgehead atoms. The molecule has 0 spiro atoms. The molecule has 0 saturated heterocycles. The Bertz CT molecular complexity index is 484. The summed E-state index contributed by atoms with van der Waals surface area (Å²) in [6.45, 7) is 6.47. The molecule has 0 radical (unpaired) electrons. The predicted molar refractivity (Wildman–Crippen MR) is 79.3 cm³/mol. The van der Waals surface area contributed by atoms with Crippen LogP contribution in [-0.2, 0) is 4.74 Å². The molecule has 1 rings (SSSR count). The minimum Gasteiger partial charge on any atom is -0.497 e.